The number of ether oxygens (including phenoxy) is 2. The summed E-state index contributed by atoms with van der Waals surface area (Å²) in [4.78, 5) is 36.6. The largest absolute Gasteiger partial charge is 0.398 e. The van der Waals surface area contributed by atoms with Crippen molar-refractivity contribution >= 4 is 23.4 Å². The van der Waals surface area contributed by atoms with E-state index < -0.39 is 17.7 Å². The van der Waals surface area contributed by atoms with Gasteiger partial charge < -0.3 is 15.2 Å². The Morgan fingerprint density at radius 1 is 1.25 bits per heavy atom. The second kappa shape index (κ2) is 5.81. The number of nitrogens with two attached hydrogens (primary N) is 1. The number of benzene rings is 1. The van der Waals surface area contributed by atoms with Crippen molar-refractivity contribution in [2.75, 3.05) is 32.7 Å². The molecule has 1 aromatic rings. The summed E-state index contributed by atoms with van der Waals surface area (Å²) < 4.78 is 9.78. The lowest BCUT2D eigenvalue weighted by molar-refractivity contribution is -0.131. The monoisotopic (exact) mass is 278 g/mol. The molecule has 1 aliphatic rings. The molecule has 0 atom stereocenters. The van der Waals surface area contributed by atoms with E-state index in [0.29, 0.717) is 11.5 Å². The predicted octanol–water partition coefficient (Wildman–Crippen LogP) is 0.0544. The average Bonchev–Trinajstić information content (AvgIpc) is 2.68. The zero-order valence-electron chi connectivity index (χ0n) is 10.9. The van der Waals surface area contributed by atoms with Crippen molar-refractivity contribution in [1.29, 1.82) is 0 Å². The maximum absolute atomic E-state index is 12.1. The highest BCUT2D eigenvalue weighted by Gasteiger charge is 2.40. The van der Waals surface area contributed by atoms with Gasteiger partial charge >= 0.3 is 0 Å². The van der Waals surface area contributed by atoms with E-state index in [-0.39, 0.29) is 30.0 Å². The molecular weight excluding hydrogens is 264 g/mol. The maximum atomic E-state index is 12.1. The lowest BCUT2D eigenvalue weighted by atomic mass is 10.1. The Bertz CT molecular complexity index is 570. The smallest absolute Gasteiger partial charge is 0.270 e. The third-order valence-electron chi connectivity index (χ3n) is 2.85. The minimum absolute atomic E-state index is 0.0720. The highest BCUT2D eigenvalue weighted by Crippen LogP contribution is 2.27. The van der Waals surface area contributed by atoms with Crippen LogP contribution in [0.3, 0.4) is 0 Å². The van der Waals surface area contributed by atoms with Crippen molar-refractivity contribution in [3.8, 4) is 0 Å². The van der Waals surface area contributed by atoms with E-state index in [1.807, 2.05) is 0 Å². The first-order valence-corrected chi connectivity index (χ1v) is 5.94. The number of nitrogen functional groups attached to an aromatic ring is 1. The van der Waals surface area contributed by atoms with Crippen molar-refractivity contribution < 1.29 is 23.9 Å². The van der Waals surface area contributed by atoms with Gasteiger partial charge in [0.1, 0.15) is 6.61 Å². The maximum Gasteiger partial charge on any atom is 0.270 e. The third kappa shape index (κ3) is 2.40. The van der Waals surface area contributed by atoms with Crippen molar-refractivity contribution in [3.05, 3.63) is 29.3 Å². The minimum atomic E-state index is -0.716. The Kier molecular flexibility index (Phi) is 4.11. The SMILES string of the molecule is COCCOCC(=O)N1C(=O)c2cccc(N)c2C1=O. The van der Waals surface area contributed by atoms with Gasteiger partial charge in [-0.2, -0.15) is 0 Å². The van der Waals surface area contributed by atoms with Crippen LogP contribution < -0.4 is 5.73 Å². The molecule has 2 rings (SSSR count). The molecular formula is C13H14N2O5. The van der Waals surface area contributed by atoms with Crippen LogP contribution in [0.4, 0.5) is 5.69 Å². The lowest BCUT2D eigenvalue weighted by Crippen LogP contribution is -2.38. The summed E-state index contributed by atoms with van der Waals surface area (Å²) in [5.74, 6) is -2.09. The van der Waals surface area contributed by atoms with Gasteiger partial charge in [0.05, 0.1) is 24.3 Å². The summed E-state index contributed by atoms with van der Waals surface area (Å²) >= 11 is 0. The number of amides is 3. The summed E-state index contributed by atoms with van der Waals surface area (Å²) in [6.45, 7) is 0.157. The van der Waals surface area contributed by atoms with E-state index in [9.17, 15) is 14.4 Å². The van der Waals surface area contributed by atoms with Crippen LogP contribution >= 0.6 is 0 Å². The molecule has 0 spiro atoms. The molecule has 0 radical (unpaired) electrons. The fourth-order valence-electron chi connectivity index (χ4n) is 1.90. The summed E-state index contributed by atoms with van der Waals surface area (Å²) in [7, 11) is 1.50. The number of imide groups is 3. The summed E-state index contributed by atoms with van der Waals surface area (Å²) in [5.41, 5.74) is 6.06. The Hall–Kier alpha value is -2.25. The topological polar surface area (TPSA) is 98.9 Å². The van der Waals surface area contributed by atoms with Gasteiger partial charge in [0.15, 0.2) is 0 Å². The van der Waals surface area contributed by atoms with Gasteiger partial charge in [-0.25, -0.2) is 4.90 Å². The van der Waals surface area contributed by atoms with Crippen LogP contribution in [-0.4, -0.2) is 49.6 Å². The second-order valence-electron chi connectivity index (χ2n) is 4.15. The molecule has 0 aromatic heterocycles. The number of rotatable bonds is 5. The van der Waals surface area contributed by atoms with Crippen LogP contribution in [0.5, 0.6) is 0 Å². The Labute approximate surface area is 115 Å². The van der Waals surface area contributed by atoms with Gasteiger partial charge in [0.25, 0.3) is 17.7 Å². The van der Waals surface area contributed by atoms with E-state index in [1.54, 1.807) is 6.07 Å². The van der Waals surface area contributed by atoms with Gasteiger partial charge in [-0.15, -0.1) is 0 Å². The first kappa shape index (κ1) is 14.2. The van der Waals surface area contributed by atoms with E-state index in [2.05, 4.69) is 0 Å². The van der Waals surface area contributed by atoms with Crippen LogP contribution in [-0.2, 0) is 14.3 Å². The quantitative estimate of drug-likeness (QED) is 0.464. The van der Waals surface area contributed by atoms with E-state index in [4.69, 9.17) is 15.2 Å². The molecule has 1 aromatic carbocycles. The van der Waals surface area contributed by atoms with Gasteiger partial charge in [-0.05, 0) is 12.1 Å². The lowest BCUT2D eigenvalue weighted by Gasteiger charge is -2.11. The van der Waals surface area contributed by atoms with Crippen LogP contribution in [0.25, 0.3) is 0 Å². The molecule has 7 heteroatoms. The molecule has 2 N–H and O–H groups in total. The zero-order valence-corrected chi connectivity index (χ0v) is 10.9. The molecule has 106 valence electrons. The molecule has 1 heterocycles. The Morgan fingerprint density at radius 2 is 2.00 bits per heavy atom. The summed E-state index contributed by atoms with van der Waals surface area (Å²) in [6.07, 6.45) is 0. The number of methoxy groups -OCH3 is 1. The molecule has 0 aliphatic carbocycles. The van der Waals surface area contributed by atoms with Crippen molar-refractivity contribution in [2.45, 2.75) is 0 Å². The van der Waals surface area contributed by atoms with Crippen LogP contribution in [0, 0.1) is 0 Å². The Morgan fingerprint density at radius 3 is 2.65 bits per heavy atom. The van der Waals surface area contributed by atoms with Gasteiger partial charge in [0, 0.05) is 12.8 Å². The first-order chi connectivity index (χ1) is 9.57. The van der Waals surface area contributed by atoms with Crippen molar-refractivity contribution in [2.24, 2.45) is 0 Å². The molecule has 1 aliphatic heterocycles. The fourth-order valence-corrected chi connectivity index (χ4v) is 1.90. The minimum Gasteiger partial charge on any atom is -0.398 e. The van der Waals surface area contributed by atoms with Crippen molar-refractivity contribution in [1.82, 2.24) is 4.90 Å². The number of anilines is 1. The van der Waals surface area contributed by atoms with E-state index in [1.165, 1.54) is 19.2 Å². The standard InChI is InChI=1S/C13H14N2O5/c1-19-5-6-20-7-10(16)15-12(17)8-3-2-4-9(14)11(8)13(15)18/h2-4H,5-7,14H2,1H3. The van der Waals surface area contributed by atoms with Gasteiger partial charge in [0.2, 0.25) is 0 Å². The number of carbonyl (C=O) groups is 3. The van der Waals surface area contributed by atoms with E-state index in [0.717, 1.165) is 0 Å². The van der Waals surface area contributed by atoms with Crippen LogP contribution in [0.2, 0.25) is 0 Å². The van der Waals surface area contributed by atoms with Crippen molar-refractivity contribution in [3.63, 3.8) is 0 Å². The van der Waals surface area contributed by atoms with Gasteiger partial charge in [-0.3, -0.25) is 14.4 Å². The van der Waals surface area contributed by atoms with E-state index >= 15 is 0 Å². The molecule has 3 amide bonds. The second-order valence-corrected chi connectivity index (χ2v) is 4.15. The average molecular weight is 278 g/mol. The van der Waals surface area contributed by atoms with Crippen LogP contribution in [0.1, 0.15) is 20.7 Å². The third-order valence-corrected chi connectivity index (χ3v) is 2.85. The molecule has 7 nitrogen and oxygen atoms in total. The number of fused-ring (bicyclic) bond motifs is 1. The molecule has 0 bridgehead atoms. The fraction of sp³-hybridized carbons (Fsp3) is 0.308. The number of hydrogen-bond donors (Lipinski definition) is 1. The summed E-state index contributed by atoms with van der Waals surface area (Å²) in [5, 5.41) is 0. The first-order valence-electron chi connectivity index (χ1n) is 5.94. The molecule has 0 unspecified atom stereocenters. The number of hydrogen-bond acceptors (Lipinski definition) is 6. The highest BCUT2D eigenvalue weighted by atomic mass is 16.5. The highest BCUT2D eigenvalue weighted by molar-refractivity contribution is 6.30. The number of carbonyl (C=O) groups excluding carboxylic acids is 3. The molecule has 0 saturated heterocycles. The van der Waals surface area contributed by atoms with Gasteiger partial charge in [-0.1, -0.05) is 6.07 Å². The normalized spacial score (nSPS) is 13.8. The summed E-state index contributed by atoms with van der Waals surface area (Å²) in [6, 6.07) is 4.53. The molecule has 0 fully saturated rings. The predicted molar refractivity (Wildman–Crippen MR) is 69.1 cm³/mol. The molecule has 0 saturated carbocycles. The Balaban J connectivity index is 2.12. The number of nitrogens with zero attached hydrogens (tertiary/aromatic N) is 1. The van der Waals surface area contributed by atoms with Crippen LogP contribution in [0.15, 0.2) is 18.2 Å². The zero-order chi connectivity index (χ0) is 14.7. The molecule has 20 heavy (non-hydrogen) atoms.